The number of aromatic nitrogens is 2. The number of carboxylic acid groups (broad SMARTS) is 1. The fourth-order valence-corrected chi connectivity index (χ4v) is 5.86. The van der Waals surface area contributed by atoms with Crippen LogP contribution in [0, 0.1) is 0 Å². The Morgan fingerprint density at radius 2 is 2.00 bits per heavy atom. The van der Waals surface area contributed by atoms with Gasteiger partial charge in [-0.15, -0.1) is 0 Å². The predicted octanol–water partition coefficient (Wildman–Crippen LogP) is 4.14. The van der Waals surface area contributed by atoms with Gasteiger partial charge in [0.05, 0.1) is 24.1 Å². The third kappa shape index (κ3) is 3.28. The number of carbonyl (C=O) groups excluding carboxylic acids is 1. The molecule has 9 nitrogen and oxygen atoms in total. The monoisotopic (exact) mass is 465 g/mol. The van der Waals surface area contributed by atoms with Gasteiger partial charge in [-0.3, -0.25) is 4.79 Å². The van der Waals surface area contributed by atoms with Gasteiger partial charge >= 0.3 is 5.97 Å². The molecule has 1 aliphatic carbocycles. The van der Waals surface area contributed by atoms with Gasteiger partial charge < -0.3 is 25.0 Å². The molecule has 0 spiro atoms. The molecule has 3 heterocycles. The molecule has 0 radical (unpaired) electrons. The molecular formula is C25H31N5O4. The first kappa shape index (κ1) is 22.4. The number of carbonyl (C=O) groups is 2. The van der Waals surface area contributed by atoms with E-state index in [0.29, 0.717) is 54.5 Å². The van der Waals surface area contributed by atoms with Crippen LogP contribution in [0.15, 0.2) is 18.3 Å². The zero-order valence-corrected chi connectivity index (χ0v) is 19.9. The topological polar surface area (TPSA) is 108 Å². The maximum absolute atomic E-state index is 13.6. The maximum Gasteiger partial charge on any atom is 0.336 e. The van der Waals surface area contributed by atoms with Gasteiger partial charge in [0, 0.05) is 25.1 Å². The standard InChI is InChI=1S/C25H31N5O4/c1-4-25(5-2)23(33)29(3)19-14-26-24(28-21(19)30(25)15-8-6-7-9-15)27-18-11-10-17(22(31)32)16-12-13-34-20(16)18/h10-11,14-15H,4-9,12-13H2,1-3H3,(H,31,32)(H,26,27,28). The summed E-state index contributed by atoms with van der Waals surface area (Å²) in [6.07, 6.45) is 8.05. The molecule has 1 saturated carbocycles. The number of nitrogens with zero attached hydrogens (tertiary/aromatic N) is 4. The molecule has 1 aromatic heterocycles. The lowest BCUT2D eigenvalue weighted by Gasteiger charge is -2.51. The minimum Gasteiger partial charge on any atom is -0.491 e. The van der Waals surface area contributed by atoms with E-state index in [-0.39, 0.29) is 17.5 Å². The molecule has 1 fully saturated rings. The van der Waals surface area contributed by atoms with Crippen LogP contribution in [0.5, 0.6) is 5.75 Å². The number of hydrogen-bond donors (Lipinski definition) is 2. The van der Waals surface area contributed by atoms with Crippen LogP contribution >= 0.6 is 0 Å². The molecular weight excluding hydrogens is 434 g/mol. The number of ether oxygens (including phenoxy) is 1. The molecule has 1 amide bonds. The van der Waals surface area contributed by atoms with Gasteiger partial charge in [-0.1, -0.05) is 26.7 Å². The number of carboxylic acids is 1. The summed E-state index contributed by atoms with van der Waals surface area (Å²) in [5, 5.41) is 12.7. The second-order valence-corrected chi connectivity index (χ2v) is 9.31. The van der Waals surface area contributed by atoms with Crippen LogP contribution in [-0.4, -0.2) is 52.2 Å². The first-order chi connectivity index (χ1) is 16.4. The van der Waals surface area contributed by atoms with Crippen molar-refractivity contribution in [1.29, 1.82) is 0 Å². The molecule has 2 aromatic rings. The molecule has 0 unspecified atom stereocenters. The Morgan fingerprint density at radius 1 is 1.26 bits per heavy atom. The van der Waals surface area contributed by atoms with Crippen molar-refractivity contribution in [3.63, 3.8) is 0 Å². The lowest BCUT2D eigenvalue weighted by molar-refractivity contribution is -0.124. The number of amides is 1. The highest BCUT2D eigenvalue weighted by Crippen LogP contribution is 2.46. The molecule has 2 aliphatic heterocycles. The molecule has 9 heteroatoms. The van der Waals surface area contributed by atoms with Crippen LogP contribution in [0.3, 0.4) is 0 Å². The van der Waals surface area contributed by atoms with Crippen LogP contribution in [0.25, 0.3) is 0 Å². The second kappa shape index (κ2) is 8.45. The fraction of sp³-hybridized carbons (Fsp3) is 0.520. The van der Waals surface area contributed by atoms with Gasteiger partial charge in [-0.2, -0.15) is 4.98 Å². The van der Waals surface area contributed by atoms with Crippen molar-refractivity contribution in [3.8, 4) is 5.75 Å². The smallest absolute Gasteiger partial charge is 0.336 e. The zero-order chi connectivity index (χ0) is 24.0. The zero-order valence-electron chi connectivity index (χ0n) is 19.9. The van der Waals surface area contributed by atoms with Gasteiger partial charge in [0.1, 0.15) is 17.0 Å². The number of aromatic carboxylic acids is 1. The highest BCUT2D eigenvalue weighted by Gasteiger charge is 2.51. The number of nitrogens with one attached hydrogen (secondary N) is 1. The highest BCUT2D eigenvalue weighted by molar-refractivity contribution is 6.07. The molecule has 180 valence electrons. The van der Waals surface area contributed by atoms with Crippen molar-refractivity contribution in [2.75, 3.05) is 28.8 Å². The summed E-state index contributed by atoms with van der Waals surface area (Å²) in [5.41, 5.74) is 1.66. The number of likely N-dealkylation sites (N-methyl/N-ethyl adjacent to an activating group) is 1. The second-order valence-electron chi connectivity index (χ2n) is 9.31. The molecule has 3 aliphatic rings. The van der Waals surface area contributed by atoms with Crippen LogP contribution in [-0.2, 0) is 11.2 Å². The number of benzene rings is 1. The van der Waals surface area contributed by atoms with Crippen molar-refractivity contribution in [2.24, 2.45) is 0 Å². The Labute approximate surface area is 199 Å². The van der Waals surface area contributed by atoms with E-state index in [1.165, 1.54) is 0 Å². The van der Waals surface area contributed by atoms with E-state index in [2.05, 4.69) is 29.0 Å². The van der Waals surface area contributed by atoms with Gasteiger partial charge in [-0.25, -0.2) is 9.78 Å². The van der Waals surface area contributed by atoms with Gasteiger partial charge in [-0.05, 0) is 37.8 Å². The van der Waals surface area contributed by atoms with Crippen LogP contribution in [0.2, 0.25) is 0 Å². The van der Waals surface area contributed by atoms with E-state index in [4.69, 9.17) is 9.72 Å². The summed E-state index contributed by atoms with van der Waals surface area (Å²) in [6.45, 7) is 4.59. The van der Waals surface area contributed by atoms with Crippen molar-refractivity contribution in [1.82, 2.24) is 9.97 Å². The lowest BCUT2D eigenvalue weighted by atomic mass is 9.84. The van der Waals surface area contributed by atoms with E-state index in [0.717, 1.165) is 31.5 Å². The third-order valence-corrected chi connectivity index (χ3v) is 7.70. The summed E-state index contributed by atoms with van der Waals surface area (Å²) in [6, 6.07) is 3.55. The Morgan fingerprint density at radius 3 is 2.68 bits per heavy atom. The maximum atomic E-state index is 13.6. The van der Waals surface area contributed by atoms with E-state index >= 15 is 0 Å². The van der Waals surface area contributed by atoms with E-state index < -0.39 is 11.5 Å². The van der Waals surface area contributed by atoms with Gasteiger partial charge in [0.25, 0.3) is 5.91 Å². The SMILES string of the molecule is CCC1(CC)C(=O)N(C)c2cnc(Nc3ccc(C(=O)O)c4c3OCC4)nc2N1C1CCCC1. The molecule has 34 heavy (non-hydrogen) atoms. The first-order valence-corrected chi connectivity index (χ1v) is 12.1. The van der Waals surface area contributed by atoms with Crippen LogP contribution < -0.4 is 19.9 Å². The summed E-state index contributed by atoms with van der Waals surface area (Å²) in [7, 11) is 1.80. The summed E-state index contributed by atoms with van der Waals surface area (Å²) < 4.78 is 5.76. The highest BCUT2D eigenvalue weighted by atomic mass is 16.5. The number of fused-ring (bicyclic) bond motifs is 2. The van der Waals surface area contributed by atoms with E-state index in [1.54, 1.807) is 30.3 Å². The Kier molecular flexibility index (Phi) is 5.58. The quantitative estimate of drug-likeness (QED) is 0.655. The summed E-state index contributed by atoms with van der Waals surface area (Å²) >= 11 is 0. The Balaban J connectivity index is 1.58. The third-order valence-electron chi connectivity index (χ3n) is 7.70. The lowest BCUT2D eigenvalue weighted by Crippen LogP contribution is -2.65. The van der Waals surface area contributed by atoms with E-state index in [1.807, 2.05) is 0 Å². The summed E-state index contributed by atoms with van der Waals surface area (Å²) in [4.78, 5) is 38.6. The Hall–Kier alpha value is -3.36. The van der Waals surface area contributed by atoms with Gasteiger partial charge in [0.2, 0.25) is 5.95 Å². The first-order valence-electron chi connectivity index (χ1n) is 12.1. The van der Waals surface area contributed by atoms with Crippen LogP contribution in [0.4, 0.5) is 23.1 Å². The number of hydrogen-bond acceptors (Lipinski definition) is 7. The average Bonchev–Trinajstić information content (AvgIpc) is 3.54. The summed E-state index contributed by atoms with van der Waals surface area (Å²) in [5.74, 6) is 0.837. The van der Waals surface area contributed by atoms with Crippen molar-refractivity contribution < 1.29 is 19.4 Å². The van der Waals surface area contributed by atoms with Crippen molar-refractivity contribution >= 4 is 35.0 Å². The van der Waals surface area contributed by atoms with Crippen LogP contribution in [0.1, 0.15) is 68.3 Å². The fourth-order valence-electron chi connectivity index (χ4n) is 5.86. The normalized spacial score (nSPS) is 19.1. The predicted molar refractivity (Wildman–Crippen MR) is 129 cm³/mol. The Bertz CT molecular complexity index is 1140. The van der Waals surface area contributed by atoms with Gasteiger partial charge in [0.15, 0.2) is 5.82 Å². The minimum absolute atomic E-state index is 0.0942. The average molecular weight is 466 g/mol. The molecule has 5 rings (SSSR count). The molecule has 1 aromatic carbocycles. The van der Waals surface area contributed by atoms with Crippen molar-refractivity contribution in [2.45, 2.75) is 70.4 Å². The molecule has 0 atom stereocenters. The number of anilines is 4. The largest absolute Gasteiger partial charge is 0.491 e. The molecule has 0 saturated heterocycles. The molecule has 0 bridgehead atoms. The number of rotatable bonds is 6. The van der Waals surface area contributed by atoms with E-state index in [9.17, 15) is 14.7 Å². The molecule has 2 N–H and O–H groups in total. The minimum atomic E-state index is -0.964. The van der Waals surface area contributed by atoms with Crippen molar-refractivity contribution in [3.05, 3.63) is 29.5 Å².